The molecule has 0 saturated heterocycles. The van der Waals surface area contributed by atoms with Crippen molar-refractivity contribution in [1.29, 1.82) is 0 Å². The summed E-state index contributed by atoms with van der Waals surface area (Å²) in [6, 6.07) is 14.2. The minimum atomic E-state index is 0.116. The number of thiazole rings is 2. The van der Waals surface area contributed by atoms with Crippen LogP contribution >= 0.6 is 34.0 Å². The first-order chi connectivity index (χ1) is 16.1. The molecule has 6 nitrogen and oxygen atoms in total. The number of nitrogens with zero attached hydrogens (tertiary/aromatic N) is 3. The second kappa shape index (κ2) is 8.09. The van der Waals surface area contributed by atoms with Crippen LogP contribution in [0.5, 0.6) is 5.75 Å². The summed E-state index contributed by atoms with van der Waals surface area (Å²) in [5.41, 5.74) is 4.39. The number of thiophene rings is 1. The van der Waals surface area contributed by atoms with Crippen molar-refractivity contribution < 1.29 is 9.53 Å². The van der Waals surface area contributed by atoms with Crippen LogP contribution in [0.25, 0.3) is 31.0 Å². The van der Waals surface area contributed by atoms with Gasteiger partial charge in [-0.1, -0.05) is 23.5 Å². The van der Waals surface area contributed by atoms with Gasteiger partial charge in [0, 0.05) is 23.9 Å². The number of rotatable bonds is 4. The van der Waals surface area contributed by atoms with Gasteiger partial charge in [0.2, 0.25) is 5.91 Å². The molecule has 0 spiro atoms. The first-order valence-electron chi connectivity index (χ1n) is 10.6. The molecular weight excluding hydrogens is 472 g/mol. The minimum Gasteiger partial charge on any atom is -0.497 e. The third-order valence-corrected chi connectivity index (χ3v) is 8.95. The van der Waals surface area contributed by atoms with E-state index in [1.807, 2.05) is 35.2 Å². The second-order valence-corrected chi connectivity index (χ2v) is 11.0. The molecule has 0 radical (unpaired) electrons. The number of para-hydroxylation sites is 1. The fourth-order valence-corrected chi connectivity index (χ4v) is 7.48. The molecule has 1 N–H and O–H groups in total. The van der Waals surface area contributed by atoms with Gasteiger partial charge in [-0.3, -0.25) is 4.79 Å². The Labute approximate surface area is 202 Å². The van der Waals surface area contributed by atoms with Gasteiger partial charge < -0.3 is 15.0 Å². The van der Waals surface area contributed by atoms with Crippen molar-refractivity contribution in [2.24, 2.45) is 0 Å². The summed E-state index contributed by atoms with van der Waals surface area (Å²) in [5, 5.41) is 6.47. The van der Waals surface area contributed by atoms with Gasteiger partial charge in [-0.15, -0.1) is 22.7 Å². The van der Waals surface area contributed by atoms with Crippen LogP contribution in [0.1, 0.15) is 17.4 Å². The summed E-state index contributed by atoms with van der Waals surface area (Å²) in [6.07, 6.45) is 0.829. The van der Waals surface area contributed by atoms with Crippen LogP contribution in [0.4, 0.5) is 10.1 Å². The molecule has 0 fully saturated rings. The van der Waals surface area contributed by atoms with Gasteiger partial charge in [0.15, 0.2) is 5.13 Å². The largest absolute Gasteiger partial charge is 0.497 e. The Morgan fingerprint density at radius 1 is 1.06 bits per heavy atom. The summed E-state index contributed by atoms with van der Waals surface area (Å²) in [6.45, 7) is 3.02. The number of fused-ring (bicyclic) bond motifs is 3. The average Bonchev–Trinajstić information content (AvgIpc) is 3.51. The summed E-state index contributed by atoms with van der Waals surface area (Å²) in [7, 11) is 1.67. The number of ether oxygens (including phenoxy) is 1. The molecule has 3 aromatic heterocycles. The number of benzene rings is 2. The van der Waals surface area contributed by atoms with E-state index in [0.717, 1.165) is 55.2 Å². The molecular formula is C24H20N4O2S3. The Bertz CT molecular complexity index is 1480. The number of carbonyl (C=O) groups excluding carboxylic acids is 1. The fourth-order valence-electron chi connectivity index (χ4n) is 4.15. The summed E-state index contributed by atoms with van der Waals surface area (Å²) < 4.78 is 7.61. The predicted octanol–water partition coefficient (Wildman–Crippen LogP) is 6.29. The smallest absolute Gasteiger partial charge is 0.219 e. The van der Waals surface area contributed by atoms with Crippen molar-refractivity contribution in [3.8, 4) is 16.3 Å². The van der Waals surface area contributed by atoms with E-state index in [9.17, 15) is 4.79 Å². The molecule has 0 bridgehead atoms. The summed E-state index contributed by atoms with van der Waals surface area (Å²) in [5.74, 6) is 0.939. The molecule has 0 aliphatic carbocycles. The first-order valence-corrected chi connectivity index (χ1v) is 13.0. The van der Waals surface area contributed by atoms with Gasteiger partial charge in [0.25, 0.3) is 0 Å². The van der Waals surface area contributed by atoms with Gasteiger partial charge in [0.05, 0.1) is 34.1 Å². The van der Waals surface area contributed by atoms with Crippen molar-refractivity contribution in [2.45, 2.75) is 19.9 Å². The van der Waals surface area contributed by atoms with Gasteiger partial charge in [-0.2, -0.15) is 0 Å². The number of hydrogen-bond acceptors (Lipinski definition) is 8. The van der Waals surface area contributed by atoms with Crippen LogP contribution in [0.2, 0.25) is 0 Å². The highest BCUT2D eigenvalue weighted by atomic mass is 32.1. The normalized spacial score (nSPS) is 13.5. The van der Waals surface area contributed by atoms with Gasteiger partial charge in [-0.05, 0) is 42.3 Å². The zero-order valence-corrected chi connectivity index (χ0v) is 20.5. The lowest BCUT2D eigenvalue weighted by atomic mass is 10.0. The topological polar surface area (TPSA) is 67.3 Å². The molecule has 6 rings (SSSR count). The van der Waals surface area contributed by atoms with E-state index in [1.165, 1.54) is 15.1 Å². The van der Waals surface area contributed by atoms with E-state index < -0.39 is 0 Å². The van der Waals surface area contributed by atoms with Crippen molar-refractivity contribution in [1.82, 2.24) is 14.9 Å². The van der Waals surface area contributed by atoms with E-state index in [1.54, 1.807) is 48.0 Å². The lowest BCUT2D eigenvalue weighted by Gasteiger charge is -2.25. The zero-order valence-electron chi connectivity index (χ0n) is 18.0. The molecule has 1 aliphatic heterocycles. The molecule has 33 heavy (non-hydrogen) atoms. The molecule has 2 aromatic carbocycles. The quantitative estimate of drug-likeness (QED) is 0.319. The third kappa shape index (κ3) is 3.66. The minimum absolute atomic E-state index is 0.116. The number of hydrogen-bond donors (Lipinski definition) is 1. The molecule has 9 heteroatoms. The Balaban J connectivity index is 1.46. The molecule has 4 heterocycles. The highest BCUT2D eigenvalue weighted by Gasteiger charge is 2.28. The Hall–Kier alpha value is -3.01. The zero-order chi connectivity index (χ0) is 22.5. The van der Waals surface area contributed by atoms with E-state index in [4.69, 9.17) is 14.7 Å². The van der Waals surface area contributed by atoms with Crippen LogP contribution in [0, 0.1) is 0 Å². The van der Waals surface area contributed by atoms with E-state index >= 15 is 0 Å². The van der Waals surface area contributed by atoms with Crippen molar-refractivity contribution in [3.63, 3.8) is 0 Å². The lowest BCUT2D eigenvalue weighted by molar-refractivity contribution is -0.129. The number of aromatic nitrogens is 2. The second-order valence-electron chi connectivity index (χ2n) is 7.86. The molecule has 0 saturated carbocycles. The maximum atomic E-state index is 12.0. The molecule has 0 atom stereocenters. The predicted molar refractivity (Wildman–Crippen MR) is 137 cm³/mol. The van der Waals surface area contributed by atoms with Crippen LogP contribution in [-0.2, 0) is 17.8 Å². The third-order valence-electron chi connectivity index (χ3n) is 5.83. The molecule has 5 aromatic rings. The lowest BCUT2D eigenvalue weighted by Crippen LogP contribution is -2.33. The summed E-state index contributed by atoms with van der Waals surface area (Å²) in [4.78, 5) is 24.9. The Morgan fingerprint density at radius 3 is 2.73 bits per heavy atom. The van der Waals surface area contributed by atoms with Gasteiger partial charge >= 0.3 is 0 Å². The van der Waals surface area contributed by atoms with Crippen LogP contribution in [0.15, 0.2) is 42.5 Å². The highest BCUT2D eigenvalue weighted by Crippen LogP contribution is 2.47. The monoisotopic (exact) mass is 492 g/mol. The average molecular weight is 493 g/mol. The fraction of sp³-hybridized carbons (Fsp3) is 0.208. The van der Waals surface area contributed by atoms with Gasteiger partial charge in [-0.25, -0.2) is 9.97 Å². The molecule has 166 valence electrons. The molecule has 1 amide bonds. The highest BCUT2D eigenvalue weighted by molar-refractivity contribution is 7.24. The van der Waals surface area contributed by atoms with E-state index in [0.29, 0.717) is 6.54 Å². The number of anilines is 2. The SMILES string of the molecule is COc1ccc2nc(Nc3sc4c(c3-c3nc5ccccc5s3)CCN(C(C)=O)C4)sc2c1. The maximum Gasteiger partial charge on any atom is 0.219 e. The number of carbonyl (C=O) groups is 1. The Morgan fingerprint density at radius 2 is 1.91 bits per heavy atom. The molecule has 0 unspecified atom stereocenters. The first kappa shape index (κ1) is 20.6. The van der Waals surface area contributed by atoms with E-state index in [2.05, 4.69) is 17.4 Å². The molecule has 1 aliphatic rings. The maximum absolute atomic E-state index is 12.0. The van der Waals surface area contributed by atoms with Crippen molar-refractivity contribution >= 4 is 70.5 Å². The van der Waals surface area contributed by atoms with E-state index in [-0.39, 0.29) is 5.91 Å². The van der Waals surface area contributed by atoms with Crippen molar-refractivity contribution in [2.75, 3.05) is 19.0 Å². The number of nitrogens with one attached hydrogen (secondary N) is 1. The van der Waals surface area contributed by atoms with Crippen molar-refractivity contribution in [3.05, 3.63) is 52.9 Å². The number of amides is 1. The van der Waals surface area contributed by atoms with Crippen LogP contribution < -0.4 is 10.1 Å². The van der Waals surface area contributed by atoms with Crippen LogP contribution in [-0.4, -0.2) is 34.4 Å². The Kier molecular flexibility index (Phi) is 5.05. The number of methoxy groups -OCH3 is 1. The standard InChI is InChI=1S/C24H20N4O2S3/c1-13(29)28-10-9-15-20(12-28)32-23(21(15)22-25-16-5-3-4-6-18(16)31-22)27-24-26-17-8-7-14(30-2)11-19(17)33-24/h3-8,11H,9-10,12H2,1-2H3,(H,26,27). The van der Waals surface area contributed by atoms with Crippen LogP contribution in [0.3, 0.4) is 0 Å². The van der Waals surface area contributed by atoms with Gasteiger partial charge in [0.1, 0.15) is 15.8 Å². The summed E-state index contributed by atoms with van der Waals surface area (Å²) >= 11 is 5.02.